The molecule has 1 amide bonds. The van der Waals surface area contributed by atoms with Gasteiger partial charge in [0, 0.05) is 24.6 Å². The molecule has 0 spiro atoms. The van der Waals surface area contributed by atoms with E-state index >= 15 is 0 Å². The van der Waals surface area contributed by atoms with Crippen LogP contribution >= 0.6 is 15.9 Å². The van der Waals surface area contributed by atoms with E-state index < -0.39 is 33.6 Å². The molecule has 2 fully saturated rings. The molecule has 3 aromatic rings. The number of benzene rings is 2. The van der Waals surface area contributed by atoms with E-state index in [0.717, 1.165) is 36.2 Å². The Hall–Kier alpha value is -2.70. The van der Waals surface area contributed by atoms with Crippen LogP contribution in [0.5, 0.6) is 0 Å². The van der Waals surface area contributed by atoms with Gasteiger partial charge in [-0.1, -0.05) is 11.3 Å². The zero-order valence-corrected chi connectivity index (χ0v) is 23.4. The zero-order chi connectivity index (χ0) is 27.2. The minimum atomic E-state index is -3.23. The molecular formula is C26H28BrF2N5O3S. The minimum Gasteiger partial charge on any atom is -0.345 e. The summed E-state index contributed by atoms with van der Waals surface area (Å²) < 4.78 is 55.7. The van der Waals surface area contributed by atoms with Crippen molar-refractivity contribution in [2.45, 2.75) is 44.6 Å². The number of nitrogens with one attached hydrogen (secondary N) is 1. The molecule has 202 valence electrons. The Morgan fingerprint density at radius 1 is 1.11 bits per heavy atom. The third kappa shape index (κ3) is 5.67. The van der Waals surface area contributed by atoms with Crippen molar-refractivity contribution in [1.82, 2.24) is 24.6 Å². The third-order valence-electron chi connectivity index (χ3n) is 7.25. The first-order valence-electron chi connectivity index (χ1n) is 12.4. The molecule has 8 nitrogen and oxygen atoms in total. The zero-order valence-electron chi connectivity index (χ0n) is 21.0. The third-order valence-corrected chi connectivity index (χ3v) is 9.16. The maximum atomic E-state index is 14.8. The lowest BCUT2D eigenvalue weighted by Crippen LogP contribution is -2.37. The second-order valence-electron chi connectivity index (χ2n) is 10.1. The predicted octanol–water partition coefficient (Wildman–Crippen LogP) is 4.64. The van der Waals surface area contributed by atoms with Crippen LogP contribution in [0.4, 0.5) is 8.78 Å². The summed E-state index contributed by atoms with van der Waals surface area (Å²) in [6, 6.07) is 6.88. The van der Waals surface area contributed by atoms with Gasteiger partial charge in [-0.05, 0) is 84.3 Å². The highest BCUT2D eigenvalue weighted by Gasteiger charge is 2.36. The number of sulfonamides is 1. The van der Waals surface area contributed by atoms with E-state index in [2.05, 4.69) is 31.6 Å². The maximum absolute atomic E-state index is 14.8. The first kappa shape index (κ1) is 26.9. The number of hydrogen-bond acceptors (Lipinski definition) is 5. The Labute approximate surface area is 228 Å². The van der Waals surface area contributed by atoms with Crippen molar-refractivity contribution in [1.29, 1.82) is 0 Å². The van der Waals surface area contributed by atoms with Crippen LogP contribution < -0.4 is 5.32 Å². The SMILES string of the molecule is Cc1ccc(C(=O)NC(c2cc(F)c(Br)cc2F)C2CC2)c(-n2cc(C3CCN(S(C)(=O)=O)CC3)nn2)c1. The number of carbonyl (C=O) groups is 1. The number of rotatable bonds is 7. The first-order chi connectivity index (χ1) is 18.0. The fourth-order valence-electron chi connectivity index (χ4n) is 4.96. The van der Waals surface area contributed by atoms with Crippen molar-refractivity contribution in [3.63, 3.8) is 0 Å². The molecule has 0 bridgehead atoms. The lowest BCUT2D eigenvalue weighted by atomic mass is 9.95. The minimum absolute atomic E-state index is 0.0266. The van der Waals surface area contributed by atoms with Crippen molar-refractivity contribution in [2.24, 2.45) is 5.92 Å². The summed E-state index contributed by atoms with van der Waals surface area (Å²) in [5, 5.41) is 11.5. The molecule has 1 N–H and O–H groups in total. The number of piperidine rings is 1. The van der Waals surface area contributed by atoms with Gasteiger partial charge in [0.25, 0.3) is 5.91 Å². The molecule has 2 aliphatic rings. The molecule has 1 aromatic heterocycles. The van der Waals surface area contributed by atoms with Gasteiger partial charge in [-0.15, -0.1) is 5.10 Å². The van der Waals surface area contributed by atoms with Crippen LogP contribution in [0.15, 0.2) is 41.0 Å². The fourth-order valence-corrected chi connectivity index (χ4v) is 6.15. The van der Waals surface area contributed by atoms with E-state index in [1.165, 1.54) is 10.6 Å². The van der Waals surface area contributed by atoms with Crippen LogP contribution in [0.3, 0.4) is 0 Å². The van der Waals surface area contributed by atoms with Gasteiger partial charge in [-0.25, -0.2) is 26.2 Å². The number of carbonyl (C=O) groups excluding carboxylic acids is 1. The monoisotopic (exact) mass is 607 g/mol. The Morgan fingerprint density at radius 2 is 1.82 bits per heavy atom. The van der Waals surface area contributed by atoms with Gasteiger partial charge in [-0.2, -0.15) is 0 Å². The Kier molecular flexibility index (Phi) is 7.40. The van der Waals surface area contributed by atoms with Crippen LogP contribution in [0, 0.1) is 24.5 Å². The summed E-state index contributed by atoms with van der Waals surface area (Å²) >= 11 is 3.01. The standard InChI is InChI=1S/C26H28BrF2N5O3S/c1-15-3-6-18(26(35)30-25(17-4-5-17)19-12-22(29)20(27)13-21(19)28)24(11-15)34-14-23(31-32-34)16-7-9-33(10-8-16)38(2,36)37/h3,6,11-14,16-17,25H,4-5,7-10H2,1-2H3,(H,30,35). The molecule has 1 aliphatic carbocycles. The smallest absolute Gasteiger partial charge is 0.253 e. The van der Waals surface area contributed by atoms with Crippen LogP contribution in [0.2, 0.25) is 0 Å². The number of nitrogens with zero attached hydrogens (tertiary/aromatic N) is 4. The highest BCUT2D eigenvalue weighted by atomic mass is 79.9. The average molecular weight is 609 g/mol. The molecule has 38 heavy (non-hydrogen) atoms. The van der Waals surface area contributed by atoms with Gasteiger partial charge < -0.3 is 5.32 Å². The maximum Gasteiger partial charge on any atom is 0.253 e. The van der Waals surface area contributed by atoms with Gasteiger partial charge in [-0.3, -0.25) is 4.79 Å². The molecule has 1 saturated carbocycles. The van der Waals surface area contributed by atoms with E-state index in [4.69, 9.17) is 0 Å². The quantitative estimate of drug-likeness (QED) is 0.395. The largest absolute Gasteiger partial charge is 0.345 e. The lowest BCUT2D eigenvalue weighted by Gasteiger charge is -2.28. The summed E-state index contributed by atoms with van der Waals surface area (Å²) in [5.41, 5.74) is 2.62. The molecule has 2 aromatic carbocycles. The highest BCUT2D eigenvalue weighted by molar-refractivity contribution is 9.10. The summed E-state index contributed by atoms with van der Waals surface area (Å²) in [6.45, 7) is 2.74. The summed E-state index contributed by atoms with van der Waals surface area (Å²) in [7, 11) is -3.23. The number of amides is 1. The summed E-state index contributed by atoms with van der Waals surface area (Å²) in [5.74, 6) is -1.51. The molecule has 1 saturated heterocycles. The second-order valence-corrected chi connectivity index (χ2v) is 13.0. The number of halogens is 3. The van der Waals surface area contributed by atoms with E-state index in [0.29, 0.717) is 37.2 Å². The molecule has 2 heterocycles. The second kappa shape index (κ2) is 10.5. The molecule has 1 atom stereocenters. The average Bonchev–Trinajstić information content (AvgIpc) is 3.59. The van der Waals surface area contributed by atoms with E-state index in [-0.39, 0.29) is 21.9 Å². The van der Waals surface area contributed by atoms with Crippen molar-refractivity contribution in [2.75, 3.05) is 19.3 Å². The molecule has 12 heteroatoms. The van der Waals surface area contributed by atoms with Crippen molar-refractivity contribution < 1.29 is 22.0 Å². The highest BCUT2D eigenvalue weighted by Crippen LogP contribution is 2.42. The van der Waals surface area contributed by atoms with Crippen LogP contribution in [-0.2, 0) is 10.0 Å². The molecule has 1 unspecified atom stereocenters. The Morgan fingerprint density at radius 3 is 2.47 bits per heavy atom. The van der Waals surface area contributed by atoms with Crippen molar-refractivity contribution in [3.8, 4) is 5.69 Å². The molecular weight excluding hydrogens is 580 g/mol. The number of aromatic nitrogens is 3. The summed E-state index contributed by atoms with van der Waals surface area (Å²) in [6.07, 6.45) is 5.87. The Bertz CT molecular complexity index is 1480. The number of aryl methyl sites for hydroxylation is 1. The van der Waals surface area contributed by atoms with Gasteiger partial charge in [0.15, 0.2) is 0 Å². The van der Waals surface area contributed by atoms with Gasteiger partial charge >= 0.3 is 0 Å². The van der Waals surface area contributed by atoms with Crippen molar-refractivity contribution in [3.05, 3.63) is 75.0 Å². The van der Waals surface area contributed by atoms with Gasteiger partial charge in [0.1, 0.15) is 11.6 Å². The van der Waals surface area contributed by atoms with Gasteiger partial charge in [0.2, 0.25) is 10.0 Å². The first-order valence-corrected chi connectivity index (χ1v) is 15.1. The predicted molar refractivity (Wildman–Crippen MR) is 141 cm³/mol. The molecule has 0 radical (unpaired) electrons. The molecule has 5 rings (SSSR count). The summed E-state index contributed by atoms with van der Waals surface area (Å²) in [4.78, 5) is 13.5. The number of hydrogen-bond donors (Lipinski definition) is 1. The normalized spacial score (nSPS) is 17.9. The Balaban J connectivity index is 1.39. The fraction of sp³-hybridized carbons (Fsp3) is 0.423. The van der Waals surface area contributed by atoms with E-state index in [1.807, 2.05) is 19.1 Å². The van der Waals surface area contributed by atoms with E-state index in [9.17, 15) is 22.0 Å². The van der Waals surface area contributed by atoms with Crippen LogP contribution in [-0.4, -0.2) is 53.0 Å². The van der Waals surface area contributed by atoms with Crippen molar-refractivity contribution >= 4 is 31.9 Å². The van der Waals surface area contributed by atoms with Gasteiger partial charge in [0.05, 0.1) is 39.9 Å². The topological polar surface area (TPSA) is 97.2 Å². The van der Waals surface area contributed by atoms with E-state index in [1.54, 1.807) is 16.9 Å². The lowest BCUT2D eigenvalue weighted by molar-refractivity contribution is 0.0930. The van der Waals surface area contributed by atoms with Crippen LogP contribution in [0.1, 0.15) is 64.8 Å². The molecule has 1 aliphatic heterocycles. The van der Waals surface area contributed by atoms with Crippen LogP contribution in [0.25, 0.3) is 5.69 Å².